The summed E-state index contributed by atoms with van der Waals surface area (Å²) in [4.78, 5) is 14.8. The first-order chi connectivity index (χ1) is 12.2. The maximum atomic E-state index is 12.9. The molecule has 1 atom stereocenters. The first kappa shape index (κ1) is 20.6. The van der Waals surface area contributed by atoms with E-state index >= 15 is 0 Å². The lowest BCUT2D eigenvalue weighted by atomic mass is 10.0. The lowest BCUT2D eigenvalue weighted by Crippen LogP contribution is -2.48. The third kappa shape index (κ3) is 4.70. The van der Waals surface area contributed by atoms with Gasteiger partial charge in [0.2, 0.25) is 5.91 Å². The lowest BCUT2D eigenvalue weighted by molar-refractivity contribution is -0.134. The second kappa shape index (κ2) is 9.81. The van der Waals surface area contributed by atoms with E-state index in [-0.39, 0.29) is 24.4 Å². The molecule has 1 fully saturated rings. The summed E-state index contributed by atoms with van der Waals surface area (Å²) < 4.78 is 5.38. The molecule has 2 aromatic carbocycles. The van der Waals surface area contributed by atoms with Crippen LogP contribution in [0, 0.1) is 0 Å². The molecule has 1 saturated heterocycles. The maximum absolute atomic E-state index is 12.9. The number of nitrogens with one attached hydrogen (secondary N) is 1. The topological polar surface area (TPSA) is 41.6 Å². The average molecular weight is 395 g/mol. The second-order valence-electron chi connectivity index (χ2n) is 6.14. The van der Waals surface area contributed by atoms with Crippen LogP contribution in [-0.2, 0) is 11.2 Å². The quantitative estimate of drug-likeness (QED) is 0.836. The van der Waals surface area contributed by atoms with Gasteiger partial charge in [0.15, 0.2) is 0 Å². The highest BCUT2D eigenvalue weighted by Crippen LogP contribution is 2.29. The van der Waals surface area contributed by atoms with Crippen LogP contribution in [0.25, 0.3) is 0 Å². The third-order valence-corrected chi connectivity index (χ3v) is 4.97. The van der Waals surface area contributed by atoms with Crippen molar-refractivity contribution in [1.29, 1.82) is 0 Å². The number of nitrogens with zero attached hydrogens (tertiary/aromatic N) is 1. The van der Waals surface area contributed by atoms with Crippen LogP contribution in [0.1, 0.15) is 23.6 Å². The number of hydrogen-bond donors (Lipinski definition) is 1. The van der Waals surface area contributed by atoms with Gasteiger partial charge in [0.25, 0.3) is 0 Å². The second-order valence-corrected chi connectivity index (χ2v) is 6.55. The van der Waals surface area contributed by atoms with Crippen molar-refractivity contribution in [2.75, 3.05) is 26.7 Å². The highest BCUT2D eigenvalue weighted by molar-refractivity contribution is 6.31. The van der Waals surface area contributed by atoms with Gasteiger partial charge in [-0.1, -0.05) is 48.0 Å². The van der Waals surface area contributed by atoms with Crippen LogP contribution in [0.15, 0.2) is 48.5 Å². The molecule has 6 heteroatoms. The Bertz CT molecular complexity index is 739. The molecule has 1 unspecified atom stereocenters. The zero-order chi connectivity index (χ0) is 17.6. The van der Waals surface area contributed by atoms with Crippen molar-refractivity contribution in [2.45, 2.75) is 18.9 Å². The molecule has 1 N–H and O–H groups in total. The van der Waals surface area contributed by atoms with Crippen molar-refractivity contribution in [2.24, 2.45) is 0 Å². The van der Waals surface area contributed by atoms with E-state index in [1.807, 2.05) is 53.4 Å². The highest BCUT2D eigenvalue weighted by atomic mass is 35.5. The van der Waals surface area contributed by atoms with Crippen LogP contribution in [0.2, 0.25) is 5.02 Å². The molecule has 1 heterocycles. The van der Waals surface area contributed by atoms with Crippen LogP contribution in [0.3, 0.4) is 0 Å². The summed E-state index contributed by atoms with van der Waals surface area (Å²) in [6.45, 7) is 2.23. The molecule has 0 radical (unpaired) electrons. The molecule has 0 saturated carbocycles. The van der Waals surface area contributed by atoms with Crippen LogP contribution < -0.4 is 10.1 Å². The number of ether oxygens (including phenoxy) is 1. The summed E-state index contributed by atoms with van der Waals surface area (Å²) in [6, 6.07) is 15.6. The number of piperazine rings is 1. The van der Waals surface area contributed by atoms with Gasteiger partial charge in [0.05, 0.1) is 13.2 Å². The number of methoxy groups -OCH3 is 1. The fourth-order valence-electron chi connectivity index (χ4n) is 3.32. The number of carbonyl (C=O) groups excluding carboxylic acids is 1. The molecular weight excluding hydrogens is 371 g/mol. The lowest BCUT2D eigenvalue weighted by Gasteiger charge is -2.37. The Labute approximate surface area is 165 Å². The zero-order valence-electron chi connectivity index (χ0n) is 14.8. The van der Waals surface area contributed by atoms with E-state index in [0.717, 1.165) is 30.0 Å². The molecule has 0 aromatic heterocycles. The summed E-state index contributed by atoms with van der Waals surface area (Å²) in [5, 5.41) is 4.07. The van der Waals surface area contributed by atoms with Crippen molar-refractivity contribution < 1.29 is 9.53 Å². The number of aryl methyl sites for hydroxylation is 1. The Morgan fingerprint density at radius 2 is 1.96 bits per heavy atom. The molecule has 1 aliphatic rings. The minimum absolute atomic E-state index is 0. The number of rotatable bonds is 5. The van der Waals surface area contributed by atoms with E-state index in [2.05, 4.69) is 5.32 Å². The van der Waals surface area contributed by atoms with Crippen molar-refractivity contribution in [3.8, 4) is 5.75 Å². The zero-order valence-corrected chi connectivity index (χ0v) is 16.4. The van der Waals surface area contributed by atoms with Gasteiger partial charge in [-0.15, -0.1) is 12.4 Å². The number of amides is 1. The SMILES string of the molecule is COc1ccccc1CCC(=O)N1CCNCC1c1ccccc1Cl.Cl. The minimum atomic E-state index is -0.0207. The van der Waals surface area contributed by atoms with Gasteiger partial charge in [0.1, 0.15) is 5.75 Å². The molecule has 140 valence electrons. The summed E-state index contributed by atoms with van der Waals surface area (Å²) in [6.07, 6.45) is 1.13. The first-order valence-electron chi connectivity index (χ1n) is 8.57. The highest BCUT2D eigenvalue weighted by Gasteiger charge is 2.28. The standard InChI is InChI=1S/C20H23ClN2O2.ClH/c1-25-19-9-5-2-6-15(19)10-11-20(24)23-13-12-22-14-18(23)16-7-3-4-8-17(16)21;/h2-9,18,22H,10-14H2,1H3;1H. The summed E-state index contributed by atoms with van der Waals surface area (Å²) >= 11 is 6.36. The van der Waals surface area contributed by atoms with Crippen molar-refractivity contribution in [3.05, 3.63) is 64.7 Å². The number of hydrogen-bond acceptors (Lipinski definition) is 3. The Hall–Kier alpha value is -1.75. The van der Waals surface area contributed by atoms with Crippen molar-refractivity contribution >= 4 is 29.9 Å². The minimum Gasteiger partial charge on any atom is -0.496 e. The van der Waals surface area contributed by atoms with Gasteiger partial charge in [-0.05, 0) is 29.7 Å². The van der Waals surface area contributed by atoms with Crippen molar-refractivity contribution in [1.82, 2.24) is 10.2 Å². The summed E-state index contributed by atoms with van der Waals surface area (Å²) in [5.41, 5.74) is 2.06. The molecule has 3 rings (SSSR count). The van der Waals surface area contributed by atoms with E-state index in [0.29, 0.717) is 24.4 Å². The van der Waals surface area contributed by atoms with Crippen LogP contribution in [-0.4, -0.2) is 37.6 Å². The molecule has 2 aromatic rings. The van der Waals surface area contributed by atoms with E-state index in [4.69, 9.17) is 16.3 Å². The summed E-state index contributed by atoms with van der Waals surface area (Å²) in [5.74, 6) is 0.982. The van der Waals surface area contributed by atoms with E-state index < -0.39 is 0 Å². The Morgan fingerprint density at radius 1 is 1.23 bits per heavy atom. The predicted octanol–water partition coefficient (Wildman–Crippen LogP) is 3.88. The Balaban J connectivity index is 0.00000243. The van der Waals surface area contributed by atoms with E-state index in [1.54, 1.807) is 7.11 Å². The molecule has 1 amide bonds. The number of benzene rings is 2. The van der Waals surface area contributed by atoms with Crippen LogP contribution >= 0.6 is 24.0 Å². The molecule has 4 nitrogen and oxygen atoms in total. The third-order valence-electron chi connectivity index (χ3n) is 4.63. The molecule has 0 bridgehead atoms. The fraction of sp³-hybridized carbons (Fsp3) is 0.350. The van der Waals surface area contributed by atoms with E-state index in [9.17, 15) is 4.79 Å². The van der Waals surface area contributed by atoms with Gasteiger partial charge >= 0.3 is 0 Å². The number of para-hydroxylation sites is 1. The van der Waals surface area contributed by atoms with Gasteiger partial charge in [-0.25, -0.2) is 0 Å². The molecule has 0 aliphatic carbocycles. The fourth-order valence-corrected chi connectivity index (χ4v) is 3.58. The van der Waals surface area contributed by atoms with E-state index in [1.165, 1.54) is 0 Å². The van der Waals surface area contributed by atoms with Gasteiger partial charge in [-0.3, -0.25) is 4.79 Å². The number of halogens is 2. The smallest absolute Gasteiger partial charge is 0.223 e. The van der Waals surface area contributed by atoms with Crippen LogP contribution in [0.4, 0.5) is 0 Å². The normalized spacial score (nSPS) is 16.7. The van der Waals surface area contributed by atoms with Gasteiger partial charge in [-0.2, -0.15) is 0 Å². The number of carbonyl (C=O) groups is 1. The Kier molecular flexibility index (Phi) is 7.76. The Morgan fingerprint density at radius 3 is 2.73 bits per heavy atom. The average Bonchev–Trinajstić information content (AvgIpc) is 2.66. The largest absolute Gasteiger partial charge is 0.496 e. The maximum Gasteiger partial charge on any atom is 0.223 e. The molecule has 0 spiro atoms. The molecule has 26 heavy (non-hydrogen) atoms. The summed E-state index contributed by atoms with van der Waals surface area (Å²) in [7, 11) is 1.66. The molecular formula is C20H24Cl2N2O2. The van der Waals surface area contributed by atoms with Crippen LogP contribution in [0.5, 0.6) is 5.75 Å². The monoisotopic (exact) mass is 394 g/mol. The first-order valence-corrected chi connectivity index (χ1v) is 8.95. The van der Waals surface area contributed by atoms with Crippen molar-refractivity contribution in [3.63, 3.8) is 0 Å². The van der Waals surface area contributed by atoms with Gasteiger partial charge in [0, 0.05) is 31.1 Å². The van der Waals surface area contributed by atoms with Gasteiger partial charge < -0.3 is 15.0 Å². The molecule has 1 aliphatic heterocycles. The predicted molar refractivity (Wildman–Crippen MR) is 107 cm³/mol.